The molecule has 88 valence electrons. The molecule has 3 heteroatoms. The van der Waals surface area contributed by atoms with Gasteiger partial charge in [-0.25, -0.2) is 0 Å². The molecule has 1 N–H and O–H groups in total. The van der Waals surface area contributed by atoms with Crippen molar-refractivity contribution in [2.45, 2.75) is 37.1 Å². The van der Waals surface area contributed by atoms with Gasteiger partial charge in [-0.1, -0.05) is 12.8 Å². The lowest BCUT2D eigenvalue weighted by molar-refractivity contribution is 0.623. The SMILES string of the molecule is CNCc1ncccc1SCC1CCCC1. The summed E-state index contributed by atoms with van der Waals surface area (Å²) in [6.45, 7) is 0.869. The molecule has 0 spiro atoms. The molecule has 0 amide bonds. The third-order valence-electron chi connectivity index (χ3n) is 3.14. The van der Waals surface area contributed by atoms with Crippen LogP contribution in [0, 0.1) is 5.92 Å². The zero-order valence-corrected chi connectivity index (χ0v) is 10.7. The second-order valence-electron chi connectivity index (χ2n) is 4.44. The minimum Gasteiger partial charge on any atom is -0.314 e. The highest BCUT2D eigenvalue weighted by Crippen LogP contribution is 2.31. The highest BCUT2D eigenvalue weighted by molar-refractivity contribution is 7.99. The Balaban J connectivity index is 1.91. The minimum absolute atomic E-state index is 0.869. The highest BCUT2D eigenvalue weighted by Gasteiger charge is 2.15. The van der Waals surface area contributed by atoms with Crippen molar-refractivity contribution in [2.24, 2.45) is 5.92 Å². The zero-order valence-electron chi connectivity index (χ0n) is 9.91. The lowest BCUT2D eigenvalue weighted by atomic mass is 10.1. The van der Waals surface area contributed by atoms with Gasteiger partial charge in [-0.3, -0.25) is 4.98 Å². The molecule has 1 saturated carbocycles. The van der Waals surface area contributed by atoms with E-state index in [1.54, 1.807) is 0 Å². The number of hydrogen-bond acceptors (Lipinski definition) is 3. The molecule has 2 rings (SSSR count). The maximum Gasteiger partial charge on any atom is 0.0677 e. The molecule has 0 aliphatic heterocycles. The lowest BCUT2D eigenvalue weighted by Gasteiger charge is -2.10. The summed E-state index contributed by atoms with van der Waals surface area (Å²) < 4.78 is 0. The van der Waals surface area contributed by atoms with Crippen LogP contribution in [0.15, 0.2) is 23.2 Å². The van der Waals surface area contributed by atoms with Crippen molar-refractivity contribution in [1.82, 2.24) is 10.3 Å². The summed E-state index contributed by atoms with van der Waals surface area (Å²) in [7, 11) is 1.97. The Morgan fingerprint density at radius 2 is 2.25 bits per heavy atom. The molecule has 16 heavy (non-hydrogen) atoms. The van der Waals surface area contributed by atoms with Crippen LogP contribution in [0.1, 0.15) is 31.4 Å². The van der Waals surface area contributed by atoms with Crippen LogP contribution in [-0.2, 0) is 6.54 Å². The fourth-order valence-corrected chi connectivity index (χ4v) is 3.45. The van der Waals surface area contributed by atoms with Crippen molar-refractivity contribution in [3.8, 4) is 0 Å². The number of hydrogen-bond donors (Lipinski definition) is 1. The van der Waals surface area contributed by atoms with Crippen molar-refractivity contribution in [3.05, 3.63) is 24.0 Å². The van der Waals surface area contributed by atoms with Gasteiger partial charge in [0.15, 0.2) is 0 Å². The molecule has 1 fully saturated rings. The Bertz CT molecular complexity index is 321. The first-order chi connectivity index (χ1) is 7.90. The molecule has 1 aromatic rings. The summed E-state index contributed by atoms with van der Waals surface area (Å²) in [5, 5.41) is 3.18. The fraction of sp³-hybridized carbons (Fsp3) is 0.615. The van der Waals surface area contributed by atoms with Crippen LogP contribution in [0.4, 0.5) is 0 Å². The summed E-state index contributed by atoms with van der Waals surface area (Å²) in [6, 6.07) is 4.23. The molecular weight excluding hydrogens is 216 g/mol. The van der Waals surface area contributed by atoms with Gasteiger partial charge in [0, 0.05) is 23.4 Å². The molecule has 1 heterocycles. The number of thioether (sulfide) groups is 1. The van der Waals surface area contributed by atoms with Crippen LogP contribution in [-0.4, -0.2) is 17.8 Å². The van der Waals surface area contributed by atoms with Crippen molar-refractivity contribution >= 4 is 11.8 Å². The predicted octanol–water partition coefficient (Wildman–Crippen LogP) is 3.08. The van der Waals surface area contributed by atoms with E-state index in [1.807, 2.05) is 31.1 Å². The Morgan fingerprint density at radius 1 is 1.44 bits per heavy atom. The Morgan fingerprint density at radius 3 is 3.00 bits per heavy atom. The van der Waals surface area contributed by atoms with Gasteiger partial charge >= 0.3 is 0 Å². The van der Waals surface area contributed by atoms with Crippen molar-refractivity contribution in [1.29, 1.82) is 0 Å². The van der Waals surface area contributed by atoms with Crippen molar-refractivity contribution < 1.29 is 0 Å². The Labute approximate surface area is 102 Å². The fourth-order valence-electron chi connectivity index (χ4n) is 2.24. The lowest BCUT2D eigenvalue weighted by Crippen LogP contribution is -2.08. The van der Waals surface area contributed by atoms with Crippen LogP contribution in [0.25, 0.3) is 0 Å². The van der Waals surface area contributed by atoms with Gasteiger partial charge < -0.3 is 5.32 Å². The van der Waals surface area contributed by atoms with E-state index in [1.165, 1.54) is 42.0 Å². The standard InChI is InChI=1S/C13H20N2S/c1-14-9-12-13(7-4-8-15-12)16-10-11-5-2-3-6-11/h4,7-8,11,14H,2-3,5-6,9-10H2,1H3. The van der Waals surface area contributed by atoms with Gasteiger partial charge in [0.1, 0.15) is 0 Å². The number of nitrogens with zero attached hydrogens (tertiary/aromatic N) is 1. The minimum atomic E-state index is 0.869. The average Bonchev–Trinajstić information content (AvgIpc) is 2.81. The normalized spacial score (nSPS) is 16.8. The zero-order chi connectivity index (χ0) is 11.2. The largest absolute Gasteiger partial charge is 0.314 e. The number of rotatable bonds is 5. The molecule has 0 bridgehead atoms. The first kappa shape index (κ1) is 11.9. The summed E-state index contributed by atoms with van der Waals surface area (Å²) in [6.07, 6.45) is 7.60. The van der Waals surface area contributed by atoms with Crippen LogP contribution >= 0.6 is 11.8 Å². The monoisotopic (exact) mass is 236 g/mol. The van der Waals surface area contributed by atoms with E-state index in [9.17, 15) is 0 Å². The van der Waals surface area contributed by atoms with E-state index in [-0.39, 0.29) is 0 Å². The Kier molecular flexibility index (Phi) is 4.67. The molecule has 0 unspecified atom stereocenters. The molecule has 1 aromatic heterocycles. The van der Waals surface area contributed by atoms with E-state index in [2.05, 4.69) is 16.4 Å². The van der Waals surface area contributed by atoms with E-state index in [0.717, 1.165) is 12.5 Å². The van der Waals surface area contributed by atoms with E-state index < -0.39 is 0 Å². The second-order valence-corrected chi connectivity index (χ2v) is 5.50. The average molecular weight is 236 g/mol. The maximum absolute atomic E-state index is 4.43. The van der Waals surface area contributed by atoms with Crippen molar-refractivity contribution in [3.63, 3.8) is 0 Å². The summed E-state index contributed by atoms with van der Waals surface area (Å²) >= 11 is 1.98. The number of pyridine rings is 1. The molecule has 0 aromatic carbocycles. The van der Waals surface area contributed by atoms with Gasteiger partial charge in [0.05, 0.1) is 5.69 Å². The predicted molar refractivity (Wildman–Crippen MR) is 69.7 cm³/mol. The summed E-state index contributed by atoms with van der Waals surface area (Å²) in [5.41, 5.74) is 1.19. The van der Waals surface area contributed by atoms with E-state index in [0.29, 0.717) is 0 Å². The second kappa shape index (κ2) is 6.26. The topological polar surface area (TPSA) is 24.9 Å². The van der Waals surface area contributed by atoms with Gasteiger partial charge in [0.2, 0.25) is 0 Å². The first-order valence-electron chi connectivity index (χ1n) is 6.11. The van der Waals surface area contributed by atoms with Gasteiger partial charge in [0.25, 0.3) is 0 Å². The smallest absolute Gasteiger partial charge is 0.0677 e. The number of aromatic nitrogens is 1. The van der Waals surface area contributed by atoms with Gasteiger partial charge in [-0.2, -0.15) is 0 Å². The van der Waals surface area contributed by atoms with E-state index in [4.69, 9.17) is 0 Å². The highest BCUT2D eigenvalue weighted by atomic mass is 32.2. The maximum atomic E-state index is 4.43. The quantitative estimate of drug-likeness (QED) is 0.795. The summed E-state index contributed by atoms with van der Waals surface area (Å²) in [5.74, 6) is 2.20. The number of nitrogens with one attached hydrogen (secondary N) is 1. The summed E-state index contributed by atoms with van der Waals surface area (Å²) in [4.78, 5) is 5.78. The molecule has 0 atom stereocenters. The molecule has 2 nitrogen and oxygen atoms in total. The molecule has 0 saturated heterocycles. The van der Waals surface area contributed by atoms with Crippen molar-refractivity contribution in [2.75, 3.05) is 12.8 Å². The van der Waals surface area contributed by atoms with E-state index >= 15 is 0 Å². The van der Waals surface area contributed by atoms with Crippen LogP contribution < -0.4 is 5.32 Å². The molecule has 1 aliphatic carbocycles. The Hall–Kier alpha value is -0.540. The molecular formula is C13H20N2S. The van der Waals surface area contributed by atoms with Gasteiger partial charge in [-0.15, -0.1) is 11.8 Å². The van der Waals surface area contributed by atoms with Gasteiger partial charge in [-0.05, 0) is 37.9 Å². The third-order valence-corrected chi connectivity index (χ3v) is 4.46. The third kappa shape index (κ3) is 3.22. The van der Waals surface area contributed by atoms with Crippen LogP contribution in [0.2, 0.25) is 0 Å². The van der Waals surface area contributed by atoms with Crippen LogP contribution in [0.5, 0.6) is 0 Å². The molecule has 0 radical (unpaired) electrons. The molecule has 1 aliphatic rings. The van der Waals surface area contributed by atoms with Crippen LogP contribution in [0.3, 0.4) is 0 Å². The first-order valence-corrected chi connectivity index (χ1v) is 7.10.